The minimum absolute atomic E-state index is 0.00635. The van der Waals surface area contributed by atoms with Gasteiger partial charge in [-0.3, -0.25) is 14.5 Å². The summed E-state index contributed by atoms with van der Waals surface area (Å²) in [4.78, 5) is 26.7. The van der Waals surface area contributed by atoms with Crippen LogP contribution in [0, 0.1) is 0 Å². The predicted molar refractivity (Wildman–Crippen MR) is 82.2 cm³/mol. The summed E-state index contributed by atoms with van der Waals surface area (Å²) in [5.74, 6) is -0.463. The van der Waals surface area contributed by atoms with Gasteiger partial charge in [0.2, 0.25) is 5.91 Å². The Morgan fingerprint density at radius 3 is 2.41 bits per heavy atom. The second kappa shape index (κ2) is 6.98. The number of carbonyl (C=O) groups is 2. The summed E-state index contributed by atoms with van der Waals surface area (Å²) in [6.07, 6.45) is 0. The zero-order chi connectivity index (χ0) is 16.3. The summed E-state index contributed by atoms with van der Waals surface area (Å²) in [6, 6.07) is 4.11. The number of hydrogen-bond donors (Lipinski definition) is 1. The van der Waals surface area contributed by atoms with Gasteiger partial charge < -0.3 is 14.7 Å². The van der Waals surface area contributed by atoms with Crippen molar-refractivity contribution in [2.24, 2.45) is 0 Å². The molecule has 1 aliphatic heterocycles. The van der Waals surface area contributed by atoms with Crippen LogP contribution in [0.1, 0.15) is 18.5 Å². The molecule has 1 amide bonds. The monoisotopic (exact) mass is 326 g/mol. The largest absolute Gasteiger partial charge is 0.496 e. The van der Waals surface area contributed by atoms with Crippen molar-refractivity contribution in [2.75, 3.05) is 33.3 Å². The molecule has 0 saturated carbocycles. The first kappa shape index (κ1) is 16.6. The molecule has 0 aliphatic carbocycles. The number of amides is 1. The van der Waals surface area contributed by atoms with Crippen molar-refractivity contribution < 1.29 is 19.4 Å². The van der Waals surface area contributed by atoms with E-state index in [-0.39, 0.29) is 5.91 Å². The molecule has 2 rings (SSSR count). The fourth-order valence-electron chi connectivity index (χ4n) is 2.70. The van der Waals surface area contributed by atoms with Crippen LogP contribution in [0.4, 0.5) is 0 Å². The van der Waals surface area contributed by atoms with Crippen LogP contribution in [0.25, 0.3) is 0 Å². The number of benzene rings is 1. The van der Waals surface area contributed by atoms with Gasteiger partial charge in [-0.05, 0) is 18.2 Å². The van der Waals surface area contributed by atoms with Gasteiger partial charge in [0.05, 0.1) is 7.11 Å². The SMILES string of the molecule is COc1ccc(Cl)cc1[C@@H](C(=O)O)N1CCN(C(C)=O)CC1. The van der Waals surface area contributed by atoms with Gasteiger partial charge in [0.15, 0.2) is 0 Å². The molecule has 1 aromatic carbocycles. The lowest BCUT2D eigenvalue weighted by molar-refractivity contribution is -0.145. The molecule has 1 N–H and O–H groups in total. The predicted octanol–water partition coefficient (Wildman–Crippen LogP) is 1.64. The number of carbonyl (C=O) groups excluding carboxylic acids is 1. The fourth-order valence-corrected chi connectivity index (χ4v) is 2.88. The summed E-state index contributed by atoms with van der Waals surface area (Å²) < 4.78 is 5.27. The fraction of sp³-hybridized carbons (Fsp3) is 0.467. The van der Waals surface area contributed by atoms with Gasteiger partial charge in [-0.2, -0.15) is 0 Å². The second-order valence-electron chi connectivity index (χ2n) is 5.17. The number of halogens is 1. The Bertz CT molecular complexity index is 571. The molecule has 1 aliphatic rings. The molecule has 120 valence electrons. The third kappa shape index (κ3) is 3.51. The highest BCUT2D eigenvalue weighted by Gasteiger charge is 2.33. The molecule has 7 heteroatoms. The Morgan fingerprint density at radius 1 is 1.27 bits per heavy atom. The normalized spacial score (nSPS) is 17.1. The lowest BCUT2D eigenvalue weighted by atomic mass is 10.0. The van der Waals surface area contributed by atoms with Crippen molar-refractivity contribution in [3.8, 4) is 5.75 Å². The zero-order valence-electron chi connectivity index (χ0n) is 12.6. The Morgan fingerprint density at radius 2 is 1.91 bits per heavy atom. The smallest absolute Gasteiger partial charge is 0.325 e. The van der Waals surface area contributed by atoms with E-state index in [1.165, 1.54) is 14.0 Å². The van der Waals surface area contributed by atoms with E-state index >= 15 is 0 Å². The Labute approximate surface area is 134 Å². The van der Waals surface area contributed by atoms with Crippen molar-refractivity contribution >= 4 is 23.5 Å². The summed E-state index contributed by atoms with van der Waals surface area (Å²) >= 11 is 6.01. The molecule has 1 atom stereocenters. The molecule has 1 heterocycles. The van der Waals surface area contributed by atoms with Crippen molar-refractivity contribution in [2.45, 2.75) is 13.0 Å². The maximum absolute atomic E-state index is 11.8. The third-order valence-electron chi connectivity index (χ3n) is 3.84. The van der Waals surface area contributed by atoms with Crippen LogP contribution >= 0.6 is 11.6 Å². The number of carboxylic acids is 1. The van der Waals surface area contributed by atoms with E-state index in [1.807, 2.05) is 4.90 Å². The number of hydrogen-bond acceptors (Lipinski definition) is 4. The molecule has 0 bridgehead atoms. The number of ether oxygens (including phenoxy) is 1. The van der Waals surface area contributed by atoms with E-state index in [4.69, 9.17) is 16.3 Å². The van der Waals surface area contributed by atoms with Crippen molar-refractivity contribution in [3.05, 3.63) is 28.8 Å². The summed E-state index contributed by atoms with van der Waals surface area (Å²) in [7, 11) is 1.50. The first-order valence-electron chi connectivity index (χ1n) is 7.00. The summed E-state index contributed by atoms with van der Waals surface area (Å²) in [5.41, 5.74) is 0.527. The molecular weight excluding hydrogens is 308 g/mol. The number of rotatable bonds is 4. The van der Waals surface area contributed by atoms with Crippen molar-refractivity contribution in [3.63, 3.8) is 0 Å². The standard InChI is InChI=1S/C15H19ClN2O4/c1-10(19)17-5-7-18(8-6-17)14(15(20)21)12-9-11(16)3-4-13(12)22-2/h3-4,9,14H,5-8H2,1-2H3,(H,20,21)/t14-/m0/s1. The van der Waals surface area contributed by atoms with Crippen molar-refractivity contribution in [1.29, 1.82) is 0 Å². The second-order valence-corrected chi connectivity index (χ2v) is 5.61. The van der Waals surface area contributed by atoms with Crippen LogP contribution in [-0.4, -0.2) is 60.1 Å². The highest BCUT2D eigenvalue weighted by molar-refractivity contribution is 6.30. The van der Waals surface area contributed by atoms with Crippen molar-refractivity contribution in [1.82, 2.24) is 9.80 Å². The van der Waals surface area contributed by atoms with Gasteiger partial charge in [0, 0.05) is 43.7 Å². The third-order valence-corrected chi connectivity index (χ3v) is 4.08. The van der Waals surface area contributed by atoms with E-state index in [1.54, 1.807) is 23.1 Å². The first-order valence-corrected chi connectivity index (χ1v) is 7.37. The molecule has 6 nitrogen and oxygen atoms in total. The van der Waals surface area contributed by atoms with E-state index in [0.29, 0.717) is 42.5 Å². The van der Waals surface area contributed by atoms with Crippen LogP contribution < -0.4 is 4.74 Å². The number of carboxylic acid groups (broad SMARTS) is 1. The maximum atomic E-state index is 11.8. The molecule has 0 aromatic heterocycles. The Balaban J connectivity index is 2.27. The average Bonchev–Trinajstić information content (AvgIpc) is 2.48. The molecule has 22 heavy (non-hydrogen) atoms. The average molecular weight is 327 g/mol. The van der Waals surface area contributed by atoms with Gasteiger partial charge in [-0.1, -0.05) is 11.6 Å². The molecule has 1 aromatic rings. The van der Waals surface area contributed by atoms with Gasteiger partial charge in [-0.15, -0.1) is 0 Å². The Kier molecular flexibility index (Phi) is 5.26. The molecule has 0 unspecified atom stereocenters. The van der Waals surface area contributed by atoms with E-state index in [2.05, 4.69) is 0 Å². The highest BCUT2D eigenvalue weighted by atomic mass is 35.5. The molecular formula is C15H19ClN2O4. The minimum atomic E-state index is -0.961. The summed E-state index contributed by atoms with van der Waals surface area (Å²) in [6.45, 7) is 3.53. The van der Waals surface area contributed by atoms with Crippen LogP contribution in [0.3, 0.4) is 0 Å². The molecule has 1 fully saturated rings. The first-order chi connectivity index (χ1) is 10.4. The van der Waals surface area contributed by atoms with E-state index in [9.17, 15) is 14.7 Å². The van der Waals surface area contributed by atoms with Gasteiger partial charge in [0.1, 0.15) is 11.8 Å². The molecule has 1 saturated heterocycles. The number of nitrogens with zero attached hydrogens (tertiary/aromatic N) is 2. The van der Waals surface area contributed by atoms with E-state index in [0.717, 1.165) is 0 Å². The van der Waals surface area contributed by atoms with Gasteiger partial charge in [-0.25, -0.2) is 0 Å². The number of aliphatic carboxylic acids is 1. The molecule has 0 radical (unpaired) electrons. The van der Waals surface area contributed by atoms with Crippen LogP contribution in [0.2, 0.25) is 5.02 Å². The van der Waals surface area contributed by atoms with Crippen LogP contribution in [0.15, 0.2) is 18.2 Å². The highest BCUT2D eigenvalue weighted by Crippen LogP contribution is 2.32. The molecule has 0 spiro atoms. The lowest BCUT2D eigenvalue weighted by Crippen LogP contribution is -2.50. The topological polar surface area (TPSA) is 70.1 Å². The number of piperazine rings is 1. The van der Waals surface area contributed by atoms with Gasteiger partial charge in [0.25, 0.3) is 0 Å². The van der Waals surface area contributed by atoms with Crippen LogP contribution in [0.5, 0.6) is 5.75 Å². The summed E-state index contributed by atoms with van der Waals surface area (Å²) in [5, 5.41) is 10.1. The number of methoxy groups -OCH3 is 1. The van der Waals surface area contributed by atoms with Crippen LogP contribution in [-0.2, 0) is 9.59 Å². The Hall–Kier alpha value is -1.79. The zero-order valence-corrected chi connectivity index (χ0v) is 13.3. The minimum Gasteiger partial charge on any atom is -0.496 e. The maximum Gasteiger partial charge on any atom is 0.325 e. The lowest BCUT2D eigenvalue weighted by Gasteiger charge is -2.37. The van der Waals surface area contributed by atoms with Gasteiger partial charge >= 0.3 is 5.97 Å². The van der Waals surface area contributed by atoms with E-state index < -0.39 is 12.0 Å². The quantitative estimate of drug-likeness (QED) is 0.911.